The summed E-state index contributed by atoms with van der Waals surface area (Å²) in [4.78, 5) is 58.9. The van der Waals surface area contributed by atoms with Crippen LogP contribution in [0.5, 0.6) is 0 Å². The van der Waals surface area contributed by atoms with E-state index in [0.29, 0.717) is 29.8 Å². The summed E-state index contributed by atoms with van der Waals surface area (Å²) in [5.74, 6) is -1.95. The molecule has 3 aromatic carbocycles. The van der Waals surface area contributed by atoms with Gasteiger partial charge in [-0.25, -0.2) is 0 Å². The van der Waals surface area contributed by atoms with Gasteiger partial charge in [-0.15, -0.1) is 0 Å². The first kappa shape index (κ1) is 28.1. The smallest absolute Gasteiger partial charge is 0.299 e. The van der Waals surface area contributed by atoms with Gasteiger partial charge in [0, 0.05) is 32.0 Å². The van der Waals surface area contributed by atoms with Crippen LogP contribution in [-0.2, 0) is 20.9 Å². The number of rotatable bonds is 8. The summed E-state index contributed by atoms with van der Waals surface area (Å²) in [6.45, 7) is 1.89. The molecule has 0 aromatic heterocycles. The van der Waals surface area contributed by atoms with Gasteiger partial charge >= 0.3 is 0 Å². The minimum atomic E-state index is -1.10. The van der Waals surface area contributed by atoms with Crippen molar-refractivity contribution in [3.8, 4) is 0 Å². The molecule has 5 rings (SSSR count). The maximum absolute atomic E-state index is 14.2. The number of anilines is 3. The van der Waals surface area contributed by atoms with Gasteiger partial charge in [0.2, 0.25) is 11.8 Å². The van der Waals surface area contributed by atoms with Crippen molar-refractivity contribution >= 4 is 40.6 Å². The Kier molecular flexibility index (Phi) is 7.92. The van der Waals surface area contributed by atoms with Crippen molar-refractivity contribution < 1.29 is 19.2 Å². The minimum absolute atomic E-state index is 0.212. The molecule has 1 saturated carbocycles. The molecular formula is C33H36N4O4. The predicted octanol–water partition coefficient (Wildman–Crippen LogP) is 4.96. The van der Waals surface area contributed by atoms with Gasteiger partial charge < -0.3 is 15.1 Å². The average Bonchev–Trinajstić information content (AvgIpc) is 3.22. The summed E-state index contributed by atoms with van der Waals surface area (Å²) in [5.41, 5.74) is 3.26. The fourth-order valence-electron chi connectivity index (χ4n) is 5.83. The summed E-state index contributed by atoms with van der Waals surface area (Å²) in [6.07, 6.45) is 3.60. The molecule has 3 aromatic rings. The Hall–Kier alpha value is -4.46. The zero-order valence-corrected chi connectivity index (χ0v) is 23.9. The molecule has 0 bridgehead atoms. The minimum Gasteiger partial charge on any atom is -0.378 e. The van der Waals surface area contributed by atoms with Crippen molar-refractivity contribution in [1.82, 2.24) is 4.90 Å². The fraction of sp³-hybridized carbons (Fsp3) is 0.333. The van der Waals surface area contributed by atoms with E-state index in [4.69, 9.17) is 0 Å². The normalized spacial score (nSPS) is 15.8. The van der Waals surface area contributed by atoms with Crippen LogP contribution in [-0.4, -0.2) is 54.6 Å². The molecule has 0 spiro atoms. The standard InChI is InChI=1S/C33H36N4O4/c1-23-11-13-24(14-12-23)21-37(29(38)22-36-28-10-6-5-9-27(28)30(39)31(36)40)33(19-7-4-8-20-33)32(41)34-25-15-17-26(18-16-25)35(2)3/h5-6,9-18H,4,7-8,19-22H2,1-3H3,(H,34,41). The van der Waals surface area contributed by atoms with Crippen molar-refractivity contribution in [2.75, 3.05) is 35.8 Å². The SMILES string of the molecule is Cc1ccc(CN(C(=O)CN2C(=O)C(=O)c3ccccc32)C2(C(=O)Nc3ccc(N(C)C)cc3)CCCCC2)cc1. The van der Waals surface area contributed by atoms with Crippen LogP contribution in [0.2, 0.25) is 0 Å². The molecule has 0 unspecified atom stereocenters. The molecule has 3 amide bonds. The Labute approximate surface area is 240 Å². The number of para-hydroxylation sites is 1. The average molecular weight is 553 g/mol. The lowest BCUT2D eigenvalue weighted by molar-refractivity contribution is -0.148. The molecule has 8 heteroatoms. The second-order valence-electron chi connectivity index (χ2n) is 11.2. The number of nitrogens with one attached hydrogen (secondary N) is 1. The van der Waals surface area contributed by atoms with Gasteiger partial charge in [-0.2, -0.15) is 0 Å². The third-order valence-corrected chi connectivity index (χ3v) is 8.20. The van der Waals surface area contributed by atoms with Crippen LogP contribution in [0.15, 0.2) is 72.8 Å². The van der Waals surface area contributed by atoms with Gasteiger partial charge in [0.25, 0.3) is 11.7 Å². The van der Waals surface area contributed by atoms with Crippen LogP contribution >= 0.6 is 0 Å². The molecule has 1 N–H and O–H groups in total. The van der Waals surface area contributed by atoms with Gasteiger partial charge in [0.05, 0.1) is 11.3 Å². The van der Waals surface area contributed by atoms with Crippen molar-refractivity contribution in [3.63, 3.8) is 0 Å². The number of aryl methyl sites for hydroxylation is 1. The number of Topliss-reactive ketones (excluding diaryl/α,β-unsaturated/α-hetero) is 1. The number of carbonyl (C=O) groups excluding carboxylic acids is 4. The maximum atomic E-state index is 14.2. The third-order valence-electron chi connectivity index (χ3n) is 8.20. The molecule has 8 nitrogen and oxygen atoms in total. The fourth-order valence-corrected chi connectivity index (χ4v) is 5.83. The van der Waals surface area contributed by atoms with E-state index in [2.05, 4.69) is 5.32 Å². The Morgan fingerprint density at radius 1 is 0.878 bits per heavy atom. The maximum Gasteiger partial charge on any atom is 0.299 e. The first-order valence-electron chi connectivity index (χ1n) is 14.1. The van der Waals surface area contributed by atoms with Crippen LogP contribution < -0.4 is 15.1 Å². The monoisotopic (exact) mass is 552 g/mol. The molecular weight excluding hydrogens is 516 g/mol. The first-order valence-corrected chi connectivity index (χ1v) is 14.1. The van der Waals surface area contributed by atoms with E-state index in [-0.39, 0.29) is 24.9 Å². The van der Waals surface area contributed by atoms with E-state index < -0.39 is 17.2 Å². The molecule has 41 heavy (non-hydrogen) atoms. The lowest BCUT2D eigenvalue weighted by Crippen LogP contribution is -2.61. The molecule has 0 radical (unpaired) electrons. The first-order chi connectivity index (χ1) is 19.7. The molecule has 1 fully saturated rings. The number of carbonyl (C=O) groups is 4. The van der Waals surface area contributed by atoms with Crippen molar-refractivity contribution in [1.29, 1.82) is 0 Å². The number of benzene rings is 3. The second kappa shape index (κ2) is 11.6. The zero-order valence-electron chi connectivity index (χ0n) is 23.9. The van der Waals surface area contributed by atoms with Gasteiger partial charge in [-0.05, 0) is 61.7 Å². The summed E-state index contributed by atoms with van der Waals surface area (Å²) in [5, 5.41) is 3.09. The van der Waals surface area contributed by atoms with E-state index in [1.807, 2.05) is 74.4 Å². The summed E-state index contributed by atoms with van der Waals surface area (Å²) >= 11 is 0. The molecule has 212 valence electrons. The van der Waals surface area contributed by atoms with E-state index in [1.165, 1.54) is 4.90 Å². The van der Waals surface area contributed by atoms with Crippen LogP contribution in [0.4, 0.5) is 17.1 Å². The van der Waals surface area contributed by atoms with Gasteiger partial charge in [0.15, 0.2) is 0 Å². The van der Waals surface area contributed by atoms with Crippen LogP contribution in [0.3, 0.4) is 0 Å². The highest BCUT2D eigenvalue weighted by Gasteiger charge is 2.48. The molecule has 2 aliphatic rings. The van der Waals surface area contributed by atoms with E-state index >= 15 is 0 Å². The topological polar surface area (TPSA) is 90.0 Å². The lowest BCUT2D eigenvalue weighted by atomic mass is 9.78. The summed E-state index contributed by atoms with van der Waals surface area (Å²) in [6, 6.07) is 22.2. The molecule has 1 heterocycles. The number of hydrogen-bond donors (Lipinski definition) is 1. The molecule has 1 aliphatic heterocycles. The van der Waals surface area contributed by atoms with Crippen LogP contribution in [0.1, 0.15) is 53.6 Å². The number of ketones is 1. The largest absolute Gasteiger partial charge is 0.378 e. The van der Waals surface area contributed by atoms with Gasteiger partial charge in [-0.1, -0.05) is 61.2 Å². The summed E-state index contributed by atoms with van der Waals surface area (Å²) < 4.78 is 0. The predicted molar refractivity (Wildman–Crippen MR) is 160 cm³/mol. The third kappa shape index (κ3) is 5.59. The van der Waals surface area contributed by atoms with Crippen molar-refractivity contribution in [2.45, 2.75) is 51.1 Å². The number of amides is 3. The number of hydrogen-bond acceptors (Lipinski definition) is 5. The lowest BCUT2D eigenvalue weighted by Gasteiger charge is -2.45. The summed E-state index contributed by atoms with van der Waals surface area (Å²) in [7, 11) is 3.91. The Bertz CT molecular complexity index is 1460. The van der Waals surface area contributed by atoms with E-state index in [1.54, 1.807) is 29.2 Å². The Morgan fingerprint density at radius 2 is 1.54 bits per heavy atom. The quantitative estimate of drug-likeness (QED) is 0.399. The van der Waals surface area contributed by atoms with Crippen LogP contribution in [0.25, 0.3) is 0 Å². The Balaban J connectivity index is 1.50. The number of nitrogens with zero attached hydrogens (tertiary/aromatic N) is 3. The Morgan fingerprint density at radius 3 is 2.20 bits per heavy atom. The van der Waals surface area contributed by atoms with Crippen molar-refractivity contribution in [3.05, 3.63) is 89.5 Å². The molecule has 1 aliphatic carbocycles. The highest BCUT2D eigenvalue weighted by molar-refractivity contribution is 6.52. The van der Waals surface area contributed by atoms with Crippen LogP contribution in [0, 0.1) is 6.92 Å². The van der Waals surface area contributed by atoms with Gasteiger partial charge in [0.1, 0.15) is 12.1 Å². The molecule has 0 atom stereocenters. The molecule has 0 saturated heterocycles. The van der Waals surface area contributed by atoms with Crippen molar-refractivity contribution in [2.24, 2.45) is 0 Å². The second-order valence-corrected chi connectivity index (χ2v) is 11.2. The van der Waals surface area contributed by atoms with Gasteiger partial charge in [-0.3, -0.25) is 24.1 Å². The highest BCUT2D eigenvalue weighted by Crippen LogP contribution is 2.37. The zero-order chi connectivity index (χ0) is 29.1. The number of fused-ring (bicyclic) bond motifs is 1. The van der Waals surface area contributed by atoms with E-state index in [0.717, 1.165) is 36.1 Å². The van der Waals surface area contributed by atoms with E-state index in [9.17, 15) is 19.2 Å². The highest BCUT2D eigenvalue weighted by atomic mass is 16.2.